The average molecular weight is 276 g/mol. The molecule has 0 bridgehead atoms. The van der Waals surface area contributed by atoms with Crippen molar-refractivity contribution in [2.24, 2.45) is 0 Å². The third-order valence-corrected chi connectivity index (χ3v) is 3.07. The molecule has 0 amide bonds. The van der Waals surface area contributed by atoms with Gasteiger partial charge >= 0.3 is 6.61 Å². The number of ether oxygens (including phenoxy) is 1. The highest BCUT2D eigenvalue weighted by molar-refractivity contribution is 5.70. The van der Waals surface area contributed by atoms with E-state index in [0.29, 0.717) is 12.2 Å². The van der Waals surface area contributed by atoms with Crippen molar-refractivity contribution in [1.82, 2.24) is 0 Å². The molecule has 108 valence electrons. The van der Waals surface area contributed by atoms with E-state index < -0.39 is 18.2 Å². The van der Waals surface area contributed by atoms with Gasteiger partial charge in [-0.25, -0.2) is 4.39 Å². The van der Waals surface area contributed by atoms with Gasteiger partial charge in [0.15, 0.2) is 11.6 Å². The van der Waals surface area contributed by atoms with Gasteiger partial charge < -0.3 is 15.4 Å². The van der Waals surface area contributed by atoms with Crippen molar-refractivity contribution in [3.8, 4) is 5.75 Å². The van der Waals surface area contributed by atoms with Gasteiger partial charge in [0.25, 0.3) is 0 Å². The van der Waals surface area contributed by atoms with Gasteiger partial charge in [0.05, 0.1) is 11.4 Å². The molecule has 0 spiro atoms. The topological polar surface area (TPSA) is 38.5 Å². The van der Waals surface area contributed by atoms with Crippen LogP contribution in [0, 0.1) is 5.82 Å². The molecule has 1 aromatic carbocycles. The number of alkyl halides is 2. The molecular formula is C13H19F3N2O. The number of nitrogen functional groups attached to an aromatic ring is 1. The lowest BCUT2D eigenvalue weighted by atomic mass is 10.1. The molecule has 6 heteroatoms. The standard InChI is InChI=1S/C13H19F3N2O/c1-4-8(3)18(5-2)11-7-12(19-13(15)16)9(14)6-10(11)17/h6-8,13H,4-5,17H2,1-3H3. The number of nitrogens with two attached hydrogens (primary N) is 1. The maximum atomic E-state index is 13.5. The van der Waals surface area contributed by atoms with Crippen LogP contribution >= 0.6 is 0 Å². The van der Waals surface area contributed by atoms with Crippen LogP contribution in [0.4, 0.5) is 24.5 Å². The number of hydrogen-bond acceptors (Lipinski definition) is 3. The number of benzene rings is 1. The summed E-state index contributed by atoms with van der Waals surface area (Å²) in [5.41, 5.74) is 6.48. The van der Waals surface area contributed by atoms with E-state index in [4.69, 9.17) is 5.73 Å². The van der Waals surface area contributed by atoms with Crippen LogP contribution in [0.2, 0.25) is 0 Å². The van der Waals surface area contributed by atoms with E-state index in [2.05, 4.69) is 4.74 Å². The summed E-state index contributed by atoms with van der Waals surface area (Å²) in [6.45, 7) is 3.48. The smallest absolute Gasteiger partial charge is 0.387 e. The molecule has 0 saturated heterocycles. The highest BCUT2D eigenvalue weighted by Crippen LogP contribution is 2.33. The van der Waals surface area contributed by atoms with Crippen LogP contribution in [-0.4, -0.2) is 19.2 Å². The lowest BCUT2D eigenvalue weighted by Gasteiger charge is -2.31. The van der Waals surface area contributed by atoms with E-state index in [1.165, 1.54) is 6.07 Å². The van der Waals surface area contributed by atoms with Crippen molar-refractivity contribution in [2.75, 3.05) is 17.2 Å². The van der Waals surface area contributed by atoms with Gasteiger partial charge in [-0.15, -0.1) is 0 Å². The number of halogens is 3. The molecule has 2 N–H and O–H groups in total. The maximum absolute atomic E-state index is 13.5. The molecule has 1 atom stereocenters. The molecule has 1 unspecified atom stereocenters. The molecule has 0 radical (unpaired) electrons. The zero-order valence-corrected chi connectivity index (χ0v) is 11.3. The minimum absolute atomic E-state index is 0.164. The molecule has 0 aromatic heterocycles. The molecule has 0 aliphatic heterocycles. The predicted octanol–water partition coefficient (Wildman–Crippen LogP) is 3.63. The second-order valence-electron chi connectivity index (χ2n) is 4.26. The van der Waals surface area contributed by atoms with Gasteiger partial charge in [-0.05, 0) is 20.3 Å². The Bertz CT molecular complexity index is 427. The van der Waals surface area contributed by atoms with E-state index in [1.807, 2.05) is 25.7 Å². The van der Waals surface area contributed by atoms with E-state index in [9.17, 15) is 13.2 Å². The van der Waals surface area contributed by atoms with Crippen molar-refractivity contribution in [2.45, 2.75) is 39.8 Å². The Balaban J connectivity index is 3.18. The number of nitrogens with zero attached hydrogens (tertiary/aromatic N) is 1. The lowest BCUT2D eigenvalue weighted by molar-refractivity contribution is -0.0521. The lowest BCUT2D eigenvalue weighted by Crippen LogP contribution is -2.33. The molecule has 1 rings (SSSR count). The van der Waals surface area contributed by atoms with Gasteiger partial charge in [0.2, 0.25) is 0 Å². The summed E-state index contributed by atoms with van der Waals surface area (Å²) >= 11 is 0. The Kier molecular flexibility index (Phi) is 5.32. The molecule has 0 fully saturated rings. The molecule has 1 aromatic rings. The van der Waals surface area contributed by atoms with Crippen molar-refractivity contribution < 1.29 is 17.9 Å². The van der Waals surface area contributed by atoms with Crippen molar-refractivity contribution in [3.63, 3.8) is 0 Å². The van der Waals surface area contributed by atoms with E-state index in [-0.39, 0.29) is 11.7 Å². The van der Waals surface area contributed by atoms with Gasteiger partial charge in [0.1, 0.15) is 0 Å². The second kappa shape index (κ2) is 6.54. The fraction of sp³-hybridized carbons (Fsp3) is 0.538. The molecule has 0 aliphatic rings. The molecule has 3 nitrogen and oxygen atoms in total. The summed E-state index contributed by atoms with van der Waals surface area (Å²) in [5, 5.41) is 0. The van der Waals surface area contributed by atoms with Gasteiger partial charge in [0, 0.05) is 24.7 Å². The summed E-state index contributed by atoms with van der Waals surface area (Å²) in [5.74, 6) is -1.37. The van der Waals surface area contributed by atoms with Crippen LogP contribution in [0.5, 0.6) is 5.75 Å². The normalized spacial score (nSPS) is 12.6. The van der Waals surface area contributed by atoms with Crippen molar-refractivity contribution in [1.29, 1.82) is 0 Å². The van der Waals surface area contributed by atoms with Crippen molar-refractivity contribution >= 4 is 11.4 Å². The number of rotatable bonds is 6. The summed E-state index contributed by atoms with van der Waals surface area (Å²) < 4.78 is 42.1. The Labute approximate surface area is 111 Å². The van der Waals surface area contributed by atoms with Crippen LogP contribution in [0.25, 0.3) is 0 Å². The number of anilines is 2. The molecule has 0 saturated carbocycles. The van der Waals surface area contributed by atoms with Gasteiger partial charge in [-0.3, -0.25) is 0 Å². The maximum Gasteiger partial charge on any atom is 0.387 e. The first-order valence-corrected chi connectivity index (χ1v) is 6.21. The summed E-state index contributed by atoms with van der Waals surface area (Å²) in [7, 11) is 0. The minimum Gasteiger partial charge on any atom is -0.432 e. The van der Waals surface area contributed by atoms with Crippen LogP contribution in [-0.2, 0) is 0 Å². The molecular weight excluding hydrogens is 257 g/mol. The molecule has 19 heavy (non-hydrogen) atoms. The van der Waals surface area contributed by atoms with Crippen LogP contribution in [0.1, 0.15) is 27.2 Å². The average Bonchev–Trinajstić information content (AvgIpc) is 2.34. The summed E-state index contributed by atoms with van der Waals surface area (Å²) in [6.07, 6.45) is 0.857. The number of hydrogen-bond donors (Lipinski definition) is 1. The summed E-state index contributed by atoms with van der Waals surface area (Å²) in [4.78, 5) is 1.92. The fourth-order valence-corrected chi connectivity index (χ4v) is 1.93. The SMILES string of the molecule is CCC(C)N(CC)c1cc(OC(F)F)c(F)cc1N. The van der Waals surface area contributed by atoms with Gasteiger partial charge in [-0.1, -0.05) is 6.92 Å². The quantitative estimate of drug-likeness (QED) is 0.806. The molecule has 0 heterocycles. The summed E-state index contributed by atoms with van der Waals surface area (Å²) in [6, 6.07) is 2.40. The van der Waals surface area contributed by atoms with E-state index in [0.717, 1.165) is 12.5 Å². The minimum atomic E-state index is -3.07. The van der Waals surface area contributed by atoms with Crippen LogP contribution in [0.3, 0.4) is 0 Å². The predicted molar refractivity (Wildman–Crippen MR) is 70.2 cm³/mol. The van der Waals surface area contributed by atoms with Gasteiger partial charge in [-0.2, -0.15) is 8.78 Å². The van der Waals surface area contributed by atoms with Crippen molar-refractivity contribution in [3.05, 3.63) is 17.9 Å². The zero-order chi connectivity index (χ0) is 14.6. The first-order valence-electron chi connectivity index (χ1n) is 6.21. The highest BCUT2D eigenvalue weighted by atomic mass is 19.3. The highest BCUT2D eigenvalue weighted by Gasteiger charge is 2.19. The second-order valence-corrected chi connectivity index (χ2v) is 4.26. The Morgan fingerprint density at radius 1 is 1.32 bits per heavy atom. The fourth-order valence-electron chi connectivity index (χ4n) is 1.93. The Morgan fingerprint density at radius 3 is 2.42 bits per heavy atom. The third-order valence-electron chi connectivity index (χ3n) is 3.07. The zero-order valence-electron chi connectivity index (χ0n) is 11.3. The van der Waals surface area contributed by atoms with Crippen LogP contribution in [0.15, 0.2) is 12.1 Å². The largest absolute Gasteiger partial charge is 0.432 e. The Hall–Kier alpha value is -1.59. The monoisotopic (exact) mass is 276 g/mol. The van der Waals surface area contributed by atoms with E-state index >= 15 is 0 Å². The first kappa shape index (κ1) is 15.5. The Morgan fingerprint density at radius 2 is 1.95 bits per heavy atom. The molecule has 0 aliphatic carbocycles. The van der Waals surface area contributed by atoms with Crippen LogP contribution < -0.4 is 15.4 Å². The third kappa shape index (κ3) is 3.68. The first-order chi connectivity index (χ1) is 8.90. The van der Waals surface area contributed by atoms with E-state index in [1.54, 1.807) is 0 Å².